The van der Waals surface area contributed by atoms with Gasteiger partial charge in [-0.25, -0.2) is 13.1 Å². The van der Waals surface area contributed by atoms with Crippen molar-refractivity contribution in [3.8, 4) is 0 Å². The number of amides is 1. The van der Waals surface area contributed by atoms with Crippen molar-refractivity contribution in [3.05, 3.63) is 0 Å². The summed E-state index contributed by atoms with van der Waals surface area (Å²) < 4.78 is 23.7. The Bertz CT molecular complexity index is 406. The lowest BCUT2D eigenvalue weighted by Gasteiger charge is -2.04. The minimum atomic E-state index is -3.19. The van der Waals surface area contributed by atoms with Crippen molar-refractivity contribution < 1.29 is 23.1 Å². The van der Waals surface area contributed by atoms with Gasteiger partial charge in [0.05, 0.1) is 18.1 Å². The lowest BCUT2D eigenvalue weighted by molar-refractivity contribution is -0.140. The predicted molar refractivity (Wildman–Crippen MR) is 59.7 cm³/mol. The second-order valence-electron chi connectivity index (χ2n) is 4.10. The molecule has 0 radical (unpaired) electrons. The summed E-state index contributed by atoms with van der Waals surface area (Å²) in [4.78, 5) is 21.9. The summed E-state index contributed by atoms with van der Waals surface area (Å²) in [5, 5.41) is 11.2. The van der Waals surface area contributed by atoms with E-state index in [1.807, 2.05) is 0 Å². The van der Waals surface area contributed by atoms with Gasteiger partial charge in [-0.05, 0) is 12.8 Å². The summed E-state index contributed by atoms with van der Waals surface area (Å²) in [6.07, 6.45) is 1.93. The van der Waals surface area contributed by atoms with Crippen molar-refractivity contribution in [3.63, 3.8) is 0 Å². The maximum atomic E-state index is 11.4. The molecular formula is C9H16N2O5S. The van der Waals surface area contributed by atoms with Gasteiger partial charge in [0.2, 0.25) is 15.9 Å². The Balaban J connectivity index is 2.08. The average molecular weight is 264 g/mol. The summed E-state index contributed by atoms with van der Waals surface area (Å²) >= 11 is 0. The fourth-order valence-electron chi connectivity index (χ4n) is 1.45. The van der Waals surface area contributed by atoms with Gasteiger partial charge >= 0.3 is 5.97 Å². The molecule has 98 valence electrons. The molecule has 1 aliphatic carbocycles. The number of carbonyl (C=O) groups excluding carboxylic acids is 1. The zero-order valence-corrected chi connectivity index (χ0v) is 10.3. The van der Waals surface area contributed by atoms with Crippen LogP contribution in [0.4, 0.5) is 0 Å². The van der Waals surface area contributed by atoms with E-state index in [1.165, 1.54) is 0 Å². The van der Waals surface area contributed by atoms with Crippen LogP contribution in [0.15, 0.2) is 0 Å². The monoisotopic (exact) mass is 264 g/mol. The standard InChI is InChI=1S/C9H16N2O5S/c1-17(15,16)11-4-2-3-10-8(12)6-5-7(6)9(13)14/h6-7,11H,2-5H2,1H3,(H,10,12)(H,13,14). The molecule has 0 heterocycles. The third-order valence-corrected chi connectivity index (χ3v) is 3.19. The van der Waals surface area contributed by atoms with E-state index in [2.05, 4.69) is 10.0 Å². The Kier molecular flexibility index (Phi) is 4.47. The summed E-state index contributed by atoms with van der Waals surface area (Å²) in [5.74, 6) is -2.18. The smallest absolute Gasteiger partial charge is 0.307 e. The molecular weight excluding hydrogens is 248 g/mol. The van der Waals surface area contributed by atoms with E-state index in [0.717, 1.165) is 6.26 Å². The molecule has 0 saturated heterocycles. The van der Waals surface area contributed by atoms with Gasteiger partial charge in [0.25, 0.3) is 0 Å². The maximum absolute atomic E-state index is 11.4. The van der Waals surface area contributed by atoms with Crippen molar-refractivity contribution in [1.29, 1.82) is 0 Å². The molecule has 1 fully saturated rings. The fourth-order valence-corrected chi connectivity index (χ4v) is 1.96. The van der Waals surface area contributed by atoms with E-state index >= 15 is 0 Å². The molecule has 1 saturated carbocycles. The van der Waals surface area contributed by atoms with Gasteiger partial charge in [0, 0.05) is 13.1 Å². The molecule has 2 unspecified atom stereocenters. The first-order valence-electron chi connectivity index (χ1n) is 5.26. The normalized spacial score (nSPS) is 23.1. The van der Waals surface area contributed by atoms with Crippen LogP contribution in [0.1, 0.15) is 12.8 Å². The van der Waals surface area contributed by atoms with Crippen molar-refractivity contribution in [1.82, 2.24) is 10.0 Å². The molecule has 2 atom stereocenters. The highest BCUT2D eigenvalue weighted by Crippen LogP contribution is 2.38. The number of carboxylic acids is 1. The van der Waals surface area contributed by atoms with Gasteiger partial charge in [-0.2, -0.15) is 0 Å². The Morgan fingerprint density at radius 3 is 2.41 bits per heavy atom. The molecule has 7 nitrogen and oxygen atoms in total. The highest BCUT2D eigenvalue weighted by Gasteiger charge is 2.48. The molecule has 8 heteroatoms. The Morgan fingerprint density at radius 1 is 1.29 bits per heavy atom. The number of rotatable bonds is 7. The van der Waals surface area contributed by atoms with Gasteiger partial charge < -0.3 is 10.4 Å². The lowest BCUT2D eigenvalue weighted by Crippen LogP contribution is -2.30. The fraction of sp³-hybridized carbons (Fsp3) is 0.778. The summed E-state index contributed by atoms with van der Waals surface area (Å²) in [5.41, 5.74) is 0. The van der Waals surface area contributed by atoms with Crippen molar-refractivity contribution in [2.75, 3.05) is 19.3 Å². The number of hydrogen-bond donors (Lipinski definition) is 3. The van der Waals surface area contributed by atoms with Crippen LogP contribution in [-0.4, -0.2) is 44.7 Å². The molecule has 0 aromatic carbocycles. The molecule has 0 bridgehead atoms. The Labute approximate surface area is 99.6 Å². The van der Waals surface area contributed by atoms with Crippen LogP contribution in [0.2, 0.25) is 0 Å². The minimum absolute atomic E-state index is 0.256. The van der Waals surface area contributed by atoms with Crippen molar-refractivity contribution >= 4 is 21.9 Å². The largest absolute Gasteiger partial charge is 0.481 e. The number of hydrogen-bond acceptors (Lipinski definition) is 4. The van der Waals surface area contributed by atoms with E-state index in [9.17, 15) is 18.0 Å². The summed E-state index contributed by atoms with van der Waals surface area (Å²) in [6, 6.07) is 0. The van der Waals surface area contributed by atoms with Gasteiger partial charge in [0.15, 0.2) is 0 Å². The number of aliphatic carboxylic acids is 1. The van der Waals surface area contributed by atoms with Crippen molar-refractivity contribution in [2.24, 2.45) is 11.8 Å². The predicted octanol–water partition coefficient (Wildman–Crippen LogP) is -1.24. The number of sulfonamides is 1. The van der Waals surface area contributed by atoms with E-state index in [1.54, 1.807) is 0 Å². The van der Waals surface area contributed by atoms with Crippen LogP contribution >= 0.6 is 0 Å². The molecule has 17 heavy (non-hydrogen) atoms. The first-order chi connectivity index (χ1) is 7.81. The number of carboxylic acid groups (broad SMARTS) is 1. The first kappa shape index (κ1) is 13.9. The summed E-state index contributed by atoms with van der Waals surface area (Å²) in [6.45, 7) is 0.594. The van der Waals surface area contributed by atoms with E-state index < -0.39 is 27.8 Å². The van der Waals surface area contributed by atoms with Crippen LogP contribution in [0, 0.1) is 11.8 Å². The minimum Gasteiger partial charge on any atom is -0.481 e. The second-order valence-corrected chi connectivity index (χ2v) is 5.93. The van der Waals surface area contributed by atoms with Gasteiger partial charge in [-0.1, -0.05) is 0 Å². The Morgan fingerprint density at radius 2 is 1.94 bits per heavy atom. The SMILES string of the molecule is CS(=O)(=O)NCCCNC(=O)C1CC1C(=O)O. The topological polar surface area (TPSA) is 113 Å². The molecule has 3 N–H and O–H groups in total. The first-order valence-corrected chi connectivity index (χ1v) is 7.15. The van der Waals surface area contributed by atoms with Gasteiger partial charge in [0.1, 0.15) is 0 Å². The second kappa shape index (κ2) is 5.46. The molecule has 0 aromatic rings. The highest BCUT2D eigenvalue weighted by atomic mass is 32.2. The lowest BCUT2D eigenvalue weighted by atomic mass is 10.3. The molecule has 1 aliphatic rings. The molecule has 0 spiro atoms. The summed E-state index contributed by atoms with van der Waals surface area (Å²) in [7, 11) is -3.19. The third-order valence-electron chi connectivity index (χ3n) is 2.46. The van der Waals surface area contributed by atoms with Crippen LogP contribution in [0.3, 0.4) is 0 Å². The van der Waals surface area contributed by atoms with Gasteiger partial charge in [-0.15, -0.1) is 0 Å². The molecule has 0 aliphatic heterocycles. The average Bonchev–Trinajstić information content (AvgIpc) is 2.94. The quantitative estimate of drug-likeness (QED) is 0.498. The maximum Gasteiger partial charge on any atom is 0.307 e. The molecule has 0 aromatic heterocycles. The molecule has 1 rings (SSSR count). The van der Waals surface area contributed by atoms with Crippen LogP contribution in [0.25, 0.3) is 0 Å². The number of nitrogens with one attached hydrogen (secondary N) is 2. The Hall–Kier alpha value is -1.15. The van der Waals surface area contributed by atoms with Crippen molar-refractivity contribution in [2.45, 2.75) is 12.8 Å². The third kappa shape index (κ3) is 5.14. The van der Waals surface area contributed by atoms with E-state index in [0.29, 0.717) is 19.4 Å². The molecule has 1 amide bonds. The zero-order chi connectivity index (χ0) is 13.1. The van der Waals surface area contributed by atoms with E-state index in [4.69, 9.17) is 5.11 Å². The highest BCUT2D eigenvalue weighted by molar-refractivity contribution is 7.88. The van der Waals surface area contributed by atoms with Crippen LogP contribution < -0.4 is 10.0 Å². The zero-order valence-electron chi connectivity index (χ0n) is 9.47. The van der Waals surface area contributed by atoms with Gasteiger partial charge in [-0.3, -0.25) is 9.59 Å². The van der Waals surface area contributed by atoms with Crippen LogP contribution in [-0.2, 0) is 19.6 Å². The van der Waals surface area contributed by atoms with Crippen LogP contribution in [0.5, 0.6) is 0 Å². The number of carbonyl (C=O) groups is 2. The van der Waals surface area contributed by atoms with E-state index in [-0.39, 0.29) is 12.5 Å².